The second-order valence-electron chi connectivity index (χ2n) is 7.27. The number of rotatable bonds is 6. The van der Waals surface area contributed by atoms with E-state index in [4.69, 9.17) is 9.47 Å². The lowest BCUT2D eigenvalue weighted by molar-refractivity contribution is -0.120. The van der Waals surface area contributed by atoms with Crippen LogP contribution in [0.1, 0.15) is 23.2 Å². The van der Waals surface area contributed by atoms with E-state index >= 15 is 0 Å². The number of amides is 2. The third-order valence-electron chi connectivity index (χ3n) is 5.27. The summed E-state index contributed by atoms with van der Waals surface area (Å²) in [6, 6.07) is 12.5. The highest BCUT2D eigenvalue weighted by atomic mass is 16.5. The number of nitrogens with zero attached hydrogens (tertiary/aromatic N) is 2. The molecule has 0 aromatic heterocycles. The lowest BCUT2D eigenvalue weighted by Gasteiger charge is -2.27. The lowest BCUT2D eigenvalue weighted by atomic mass is 10.1. The number of likely N-dealkylation sites (N-methyl/N-ethyl adjacent to an activating group) is 1. The van der Waals surface area contributed by atoms with Gasteiger partial charge in [0.2, 0.25) is 0 Å². The van der Waals surface area contributed by atoms with Gasteiger partial charge in [0, 0.05) is 25.3 Å². The van der Waals surface area contributed by atoms with Crippen LogP contribution in [-0.2, 0) is 4.79 Å². The summed E-state index contributed by atoms with van der Waals surface area (Å²) in [7, 11) is 1.65. The number of para-hydroxylation sites is 1. The van der Waals surface area contributed by atoms with Gasteiger partial charge in [0.1, 0.15) is 18.1 Å². The van der Waals surface area contributed by atoms with Gasteiger partial charge in [-0.05, 0) is 50.2 Å². The molecule has 0 radical (unpaired) electrons. The molecule has 2 aromatic carbocycles. The molecule has 0 aliphatic carbocycles. The Bertz CT molecular complexity index is 909. The molecule has 2 heterocycles. The normalized spacial score (nSPS) is 16.3. The first-order valence-electron chi connectivity index (χ1n) is 9.91. The molecule has 2 aliphatic rings. The first-order valence-corrected chi connectivity index (χ1v) is 9.91. The highest BCUT2D eigenvalue weighted by Gasteiger charge is 2.27. The highest BCUT2D eigenvalue weighted by Crippen LogP contribution is 2.35. The van der Waals surface area contributed by atoms with Crippen LogP contribution in [0.2, 0.25) is 0 Å². The third kappa shape index (κ3) is 4.35. The summed E-state index contributed by atoms with van der Waals surface area (Å²) in [6.45, 7) is 3.79. The molecule has 0 saturated carbocycles. The van der Waals surface area contributed by atoms with Crippen LogP contribution in [0.5, 0.6) is 11.5 Å². The van der Waals surface area contributed by atoms with Crippen molar-refractivity contribution >= 4 is 23.2 Å². The molecule has 7 heteroatoms. The van der Waals surface area contributed by atoms with Gasteiger partial charge < -0.3 is 19.7 Å². The molecule has 1 N–H and O–H groups in total. The minimum atomic E-state index is -0.304. The molecule has 1 fully saturated rings. The molecule has 7 nitrogen and oxygen atoms in total. The molecule has 29 heavy (non-hydrogen) atoms. The van der Waals surface area contributed by atoms with E-state index in [0.29, 0.717) is 35.0 Å². The van der Waals surface area contributed by atoms with Crippen LogP contribution in [0.3, 0.4) is 0 Å². The fourth-order valence-corrected chi connectivity index (χ4v) is 3.69. The standard InChI is InChI=1S/C22H25N3O4/c1-24-20(26)15-29-19-9-5-8-18(21(19)24)22(27)23-16-6-4-7-17(14-16)28-13-12-25-10-2-3-11-25/h4-9,14H,2-3,10-13,15H2,1H3,(H,23,27). The van der Waals surface area contributed by atoms with Gasteiger partial charge in [-0.1, -0.05) is 12.1 Å². The maximum absolute atomic E-state index is 12.9. The van der Waals surface area contributed by atoms with Crippen molar-refractivity contribution in [2.24, 2.45) is 0 Å². The number of hydrogen-bond acceptors (Lipinski definition) is 5. The SMILES string of the molecule is CN1C(=O)COc2cccc(C(=O)Nc3cccc(OCCN4CCCC4)c3)c21. The van der Waals surface area contributed by atoms with Gasteiger partial charge in [0.05, 0.1) is 11.3 Å². The van der Waals surface area contributed by atoms with Crippen LogP contribution in [0, 0.1) is 0 Å². The van der Waals surface area contributed by atoms with Gasteiger partial charge >= 0.3 is 0 Å². The summed E-state index contributed by atoms with van der Waals surface area (Å²) >= 11 is 0. The van der Waals surface area contributed by atoms with Gasteiger partial charge in [-0.3, -0.25) is 14.5 Å². The number of ether oxygens (including phenoxy) is 2. The maximum atomic E-state index is 12.9. The quantitative estimate of drug-likeness (QED) is 0.814. The van der Waals surface area contributed by atoms with Crippen molar-refractivity contribution in [2.45, 2.75) is 12.8 Å². The van der Waals surface area contributed by atoms with Crippen LogP contribution in [-0.4, -0.2) is 56.6 Å². The average Bonchev–Trinajstić information content (AvgIpc) is 3.24. The molecule has 2 aromatic rings. The smallest absolute Gasteiger partial charge is 0.264 e. The predicted molar refractivity (Wildman–Crippen MR) is 111 cm³/mol. The van der Waals surface area contributed by atoms with E-state index in [2.05, 4.69) is 10.2 Å². The van der Waals surface area contributed by atoms with Gasteiger partial charge in [-0.15, -0.1) is 0 Å². The largest absolute Gasteiger partial charge is 0.492 e. The topological polar surface area (TPSA) is 71.1 Å². The Balaban J connectivity index is 1.43. The van der Waals surface area contributed by atoms with Gasteiger partial charge in [0.25, 0.3) is 11.8 Å². The molecule has 0 unspecified atom stereocenters. The Labute approximate surface area is 170 Å². The summed E-state index contributed by atoms with van der Waals surface area (Å²) in [5.41, 5.74) is 1.51. The van der Waals surface area contributed by atoms with Crippen molar-refractivity contribution in [3.8, 4) is 11.5 Å². The van der Waals surface area contributed by atoms with Gasteiger partial charge in [0.15, 0.2) is 6.61 Å². The summed E-state index contributed by atoms with van der Waals surface area (Å²) in [5.74, 6) is 0.749. The van der Waals surface area contributed by atoms with Crippen molar-refractivity contribution in [1.29, 1.82) is 0 Å². The van der Waals surface area contributed by atoms with Crippen molar-refractivity contribution < 1.29 is 19.1 Å². The fourth-order valence-electron chi connectivity index (χ4n) is 3.69. The summed E-state index contributed by atoms with van der Waals surface area (Å²) < 4.78 is 11.3. The Morgan fingerprint density at radius 2 is 1.97 bits per heavy atom. The van der Waals surface area contributed by atoms with E-state index < -0.39 is 0 Å². The number of hydrogen-bond donors (Lipinski definition) is 1. The van der Waals surface area contributed by atoms with Crippen LogP contribution in [0.15, 0.2) is 42.5 Å². The molecular formula is C22H25N3O4. The maximum Gasteiger partial charge on any atom is 0.264 e. The number of carbonyl (C=O) groups is 2. The second kappa shape index (κ2) is 8.53. The van der Waals surface area contributed by atoms with E-state index in [1.165, 1.54) is 17.7 Å². The number of carbonyl (C=O) groups excluding carboxylic acids is 2. The predicted octanol–water partition coefficient (Wildman–Crippen LogP) is 2.77. The van der Waals surface area contributed by atoms with Crippen LogP contribution in [0.25, 0.3) is 0 Å². The minimum Gasteiger partial charge on any atom is -0.492 e. The first kappa shape index (κ1) is 19.3. The Kier molecular flexibility index (Phi) is 5.67. The minimum absolute atomic E-state index is 0.0224. The first-order chi connectivity index (χ1) is 14.1. The number of benzene rings is 2. The molecule has 2 amide bonds. The summed E-state index contributed by atoms with van der Waals surface area (Å²) in [4.78, 5) is 28.7. The van der Waals surface area contributed by atoms with Crippen molar-refractivity contribution in [3.63, 3.8) is 0 Å². The number of fused-ring (bicyclic) bond motifs is 1. The number of anilines is 2. The van der Waals surface area contributed by atoms with E-state index in [1.807, 2.05) is 24.3 Å². The summed E-state index contributed by atoms with van der Waals surface area (Å²) in [6.07, 6.45) is 2.52. The zero-order valence-electron chi connectivity index (χ0n) is 16.5. The molecule has 4 rings (SSSR count). The van der Waals surface area contributed by atoms with Crippen molar-refractivity contribution in [3.05, 3.63) is 48.0 Å². The Morgan fingerprint density at radius 3 is 2.79 bits per heavy atom. The van der Waals surface area contributed by atoms with Crippen LogP contribution in [0.4, 0.5) is 11.4 Å². The second-order valence-corrected chi connectivity index (χ2v) is 7.27. The van der Waals surface area contributed by atoms with E-state index in [9.17, 15) is 9.59 Å². The lowest BCUT2D eigenvalue weighted by Crippen LogP contribution is -2.37. The third-order valence-corrected chi connectivity index (χ3v) is 5.27. The van der Waals surface area contributed by atoms with Crippen molar-refractivity contribution in [2.75, 3.05) is 50.1 Å². The molecule has 152 valence electrons. The number of nitrogens with one attached hydrogen (secondary N) is 1. The zero-order valence-corrected chi connectivity index (χ0v) is 16.5. The fraction of sp³-hybridized carbons (Fsp3) is 0.364. The monoisotopic (exact) mass is 395 g/mol. The van der Waals surface area contributed by atoms with Gasteiger partial charge in [-0.2, -0.15) is 0 Å². The number of likely N-dealkylation sites (tertiary alicyclic amines) is 1. The highest BCUT2D eigenvalue weighted by molar-refractivity contribution is 6.12. The molecule has 0 atom stereocenters. The van der Waals surface area contributed by atoms with E-state index in [1.54, 1.807) is 25.2 Å². The molecule has 2 aliphatic heterocycles. The molecule has 0 bridgehead atoms. The zero-order chi connectivity index (χ0) is 20.2. The van der Waals surface area contributed by atoms with Crippen LogP contribution < -0.4 is 19.7 Å². The van der Waals surface area contributed by atoms with E-state index in [0.717, 1.165) is 19.6 Å². The molecule has 1 saturated heterocycles. The van der Waals surface area contributed by atoms with Crippen molar-refractivity contribution in [1.82, 2.24) is 4.90 Å². The molecular weight excluding hydrogens is 370 g/mol. The Morgan fingerprint density at radius 1 is 1.17 bits per heavy atom. The average molecular weight is 395 g/mol. The van der Waals surface area contributed by atoms with Crippen LogP contribution >= 0.6 is 0 Å². The van der Waals surface area contributed by atoms with E-state index in [-0.39, 0.29) is 18.4 Å². The summed E-state index contributed by atoms with van der Waals surface area (Å²) in [5, 5.41) is 2.89. The Hall–Kier alpha value is -3.06. The van der Waals surface area contributed by atoms with Gasteiger partial charge in [-0.25, -0.2) is 0 Å². The molecule has 0 spiro atoms.